The Morgan fingerprint density at radius 2 is 1.29 bits per heavy atom. The molecule has 0 aliphatic heterocycles. The summed E-state index contributed by atoms with van der Waals surface area (Å²) in [5.41, 5.74) is -1.77. The summed E-state index contributed by atoms with van der Waals surface area (Å²) in [5, 5.41) is 11.2. The molecule has 0 atom stereocenters. The average Bonchev–Trinajstić information content (AvgIpc) is 3.30. The maximum absolute atomic E-state index is 13.7. The van der Waals surface area contributed by atoms with Crippen LogP contribution in [0.3, 0.4) is 0 Å². The van der Waals surface area contributed by atoms with E-state index >= 15 is 0 Å². The van der Waals surface area contributed by atoms with Crippen LogP contribution in [0.1, 0.15) is 11.1 Å². The van der Waals surface area contributed by atoms with Crippen molar-refractivity contribution in [2.75, 3.05) is 0 Å². The number of benzene rings is 4. The lowest BCUT2D eigenvalue weighted by molar-refractivity contribution is -0.142. The molecular weight excluding hydrogens is 510 g/mol. The number of hydrogen-bond donors (Lipinski definition) is 0. The van der Waals surface area contributed by atoms with E-state index < -0.39 is 29.2 Å². The van der Waals surface area contributed by atoms with Gasteiger partial charge in [0, 0.05) is 16.2 Å². The minimum absolute atomic E-state index is 0.250. The van der Waals surface area contributed by atoms with Crippen molar-refractivity contribution in [3.8, 4) is 23.1 Å². The molecule has 4 nitrogen and oxygen atoms in total. The van der Waals surface area contributed by atoms with Crippen LogP contribution in [-0.2, 0) is 12.4 Å². The molecule has 10 heteroatoms. The fourth-order valence-electron chi connectivity index (χ4n) is 4.29. The number of hydrogen-bond acceptors (Lipinski definition) is 4. The maximum atomic E-state index is 13.7. The minimum Gasteiger partial charge on any atom is -0.454 e. The Morgan fingerprint density at radius 1 is 0.632 bits per heavy atom. The monoisotopic (exact) mass is 524 g/mol. The van der Waals surface area contributed by atoms with Gasteiger partial charge in [0.2, 0.25) is 5.88 Å². The van der Waals surface area contributed by atoms with Gasteiger partial charge in [-0.3, -0.25) is 0 Å². The number of aromatic nitrogens is 2. The third-order valence-electron chi connectivity index (χ3n) is 6.09. The molecule has 190 valence electrons. The Labute approximate surface area is 210 Å². The average molecular weight is 524 g/mol. The number of alkyl halides is 6. The van der Waals surface area contributed by atoms with Crippen LogP contribution < -0.4 is 4.74 Å². The summed E-state index contributed by atoms with van der Waals surface area (Å²) in [6, 6.07) is 20.6. The van der Waals surface area contributed by atoms with Crippen molar-refractivity contribution in [2.45, 2.75) is 12.4 Å². The molecule has 0 amide bonds. The van der Waals surface area contributed by atoms with E-state index in [0.29, 0.717) is 46.0 Å². The first kappa shape index (κ1) is 23.8. The van der Waals surface area contributed by atoms with Gasteiger partial charge in [-0.2, -0.15) is 26.3 Å². The topological polar surface area (TPSA) is 48.2 Å². The lowest BCUT2D eigenvalue weighted by Gasteiger charge is -2.17. The Kier molecular flexibility index (Phi) is 5.30. The quantitative estimate of drug-likeness (QED) is 0.171. The van der Waals surface area contributed by atoms with Crippen molar-refractivity contribution < 1.29 is 35.5 Å². The largest absolute Gasteiger partial charge is 0.454 e. The third kappa shape index (κ3) is 4.17. The Morgan fingerprint density at radius 3 is 1.95 bits per heavy atom. The Hall–Kier alpha value is -4.60. The Bertz CT molecular complexity index is 1810. The summed E-state index contributed by atoms with van der Waals surface area (Å²) in [7, 11) is 0. The summed E-state index contributed by atoms with van der Waals surface area (Å²) >= 11 is 0. The highest BCUT2D eigenvalue weighted by molar-refractivity contribution is 6.05. The van der Waals surface area contributed by atoms with Gasteiger partial charge in [-0.1, -0.05) is 42.5 Å². The molecule has 0 aliphatic carbocycles. The summed E-state index contributed by atoms with van der Waals surface area (Å²) in [6.45, 7) is 0. The van der Waals surface area contributed by atoms with E-state index in [0.717, 1.165) is 10.8 Å². The number of nitrogens with zero attached hydrogens (tertiary/aromatic N) is 2. The molecule has 0 radical (unpaired) electrons. The molecule has 0 fully saturated rings. The van der Waals surface area contributed by atoms with Gasteiger partial charge in [0.15, 0.2) is 5.76 Å². The number of rotatable bonds is 3. The zero-order valence-corrected chi connectivity index (χ0v) is 19.1. The van der Waals surface area contributed by atoms with Crippen LogP contribution in [0.2, 0.25) is 0 Å². The van der Waals surface area contributed by atoms with Crippen molar-refractivity contribution in [2.24, 2.45) is 0 Å². The van der Waals surface area contributed by atoms with Crippen LogP contribution >= 0.6 is 0 Å². The van der Waals surface area contributed by atoms with E-state index in [-0.39, 0.29) is 11.3 Å². The molecule has 2 heterocycles. The van der Waals surface area contributed by atoms with Crippen molar-refractivity contribution in [1.29, 1.82) is 0 Å². The molecule has 38 heavy (non-hydrogen) atoms. The molecule has 6 aromatic rings. The highest BCUT2D eigenvalue weighted by Gasteiger charge is 2.38. The first-order valence-corrected chi connectivity index (χ1v) is 11.2. The second kappa shape index (κ2) is 8.47. The summed E-state index contributed by atoms with van der Waals surface area (Å²) in [6.07, 6.45) is -9.85. The number of furan rings is 1. The molecule has 0 unspecified atom stereocenters. The molecular formula is C28H14F6N2O2. The number of fused-ring (bicyclic) bond motifs is 3. The standard InChI is InChI=1S/C28H14F6N2O2/c29-27(30,31)18-9-10-21(28(32,33)34)23(14-18)38-26-20-12-16-6-2-1-5-15(16)11-19(20)25(35-36-26)24-13-17-7-3-4-8-22(17)37-24/h1-14H. The van der Waals surface area contributed by atoms with Gasteiger partial charge in [-0.05, 0) is 53.2 Å². The van der Waals surface area contributed by atoms with Crippen LogP contribution in [0.15, 0.2) is 89.3 Å². The molecule has 0 saturated carbocycles. The summed E-state index contributed by atoms with van der Waals surface area (Å²) in [5.74, 6) is -1.05. The van der Waals surface area contributed by atoms with E-state index in [4.69, 9.17) is 9.15 Å². The Balaban J connectivity index is 1.58. The van der Waals surface area contributed by atoms with Gasteiger partial charge in [0.1, 0.15) is 17.0 Å². The van der Waals surface area contributed by atoms with Crippen LogP contribution in [0.5, 0.6) is 11.6 Å². The van der Waals surface area contributed by atoms with Crippen LogP contribution in [-0.4, -0.2) is 10.2 Å². The van der Waals surface area contributed by atoms with Gasteiger partial charge in [0.25, 0.3) is 0 Å². The zero-order chi connectivity index (χ0) is 26.7. The van der Waals surface area contributed by atoms with Crippen molar-refractivity contribution >= 4 is 32.5 Å². The molecule has 4 aromatic carbocycles. The second-order valence-electron chi connectivity index (χ2n) is 8.56. The second-order valence-corrected chi connectivity index (χ2v) is 8.56. The van der Waals surface area contributed by atoms with Gasteiger partial charge in [-0.15, -0.1) is 10.2 Å². The minimum atomic E-state index is -4.97. The first-order chi connectivity index (χ1) is 18.1. The van der Waals surface area contributed by atoms with Crippen molar-refractivity contribution in [3.63, 3.8) is 0 Å². The summed E-state index contributed by atoms with van der Waals surface area (Å²) in [4.78, 5) is 0. The van der Waals surface area contributed by atoms with Crippen molar-refractivity contribution in [1.82, 2.24) is 10.2 Å². The number of para-hydroxylation sites is 1. The first-order valence-electron chi connectivity index (χ1n) is 11.2. The van der Waals surface area contributed by atoms with E-state index in [1.54, 1.807) is 42.5 Å². The lowest BCUT2D eigenvalue weighted by Crippen LogP contribution is -2.11. The fourth-order valence-corrected chi connectivity index (χ4v) is 4.29. The number of ether oxygens (including phenoxy) is 1. The predicted octanol–water partition coefficient (Wildman–Crippen LogP) is 9.03. The highest BCUT2D eigenvalue weighted by atomic mass is 19.4. The van der Waals surface area contributed by atoms with Crippen molar-refractivity contribution in [3.05, 3.63) is 96.1 Å². The van der Waals surface area contributed by atoms with E-state index in [1.165, 1.54) is 0 Å². The van der Waals surface area contributed by atoms with Crippen LogP contribution in [0.25, 0.3) is 44.0 Å². The SMILES string of the molecule is FC(F)(F)c1ccc(C(F)(F)F)c(Oc2nnc(-c3cc4ccccc4o3)c3cc4ccccc4cc23)c1. The number of halogens is 6. The van der Waals surface area contributed by atoms with E-state index in [1.807, 2.05) is 24.3 Å². The van der Waals surface area contributed by atoms with Crippen LogP contribution in [0, 0.1) is 0 Å². The van der Waals surface area contributed by atoms with E-state index in [9.17, 15) is 26.3 Å². The lowest BCUT2D eigenvalue weighted by atomic mass is 10.0. The normalized spacial score (nSPS) is 12.5. The van der Waals surface area contributed by atoms with Gasteiger partial charge in [-0.25, -0.2) is 0 Å². The summed E-state index contributed by atoms with van der Waals surface area (Å²) < 4.78 is 92.4. The molecule has 0 aliphatic rings. The van der Waals surface area contributed by atoms with Gasteiger partial charge < -0.3 is 9.15 Å². The maximum Gasteiger partial charge on any atom is 0.419 e. The molecule has 0 spiro atoms. The molecule has 0 bridgehead atoms. The third-order valence-corrected chi connectivity index (χ3v) is 6.09. The van der Waals surface area contributed by atoms with E-state index in [2.05, 4.69) is 10.2 Å². The highest BCUT2D eigenvalue weighted by Crippen LogP contribution is 2.43. The van der Waals surface area contributed by atoms with Gasteiger partial charge >= 0.3 is 12.4 Å². The molecule has 0 saturated heterocycles. The zero-order valence-electron chi connectivity index (χ0n) is 19.1. The van der Waals surface area contributed by atoms with Gasteiger partial charge in [0.05, 0.1) is 11.1 Å². The molecule has 6 rings (SSSR count). The van der Waals surface area contributed by atoms with Crippen LogP contribution in [0.4, 0.5) is 26.3 Å². The predicted molar refractivity (Wildman–Crippen MR) is 129 cm³/mol. The fraction of sp³-hybridized carbons (Fsp3) is 0.0714. The smallest absolute Gasteiger partial charge is 0.419 e. The molecule has 2 aromatic heterocycles. The molecule has 0 N–H and O–H groups in total.